The highest BCUT2D eigenvalue weighted by Crippen LogP contribution is 2.21. The molecule has 2 aromatic rings. The Balaban J connectivity index is 1.81. The number of imidazole rings is 1. The quantitative estimate of drug-likeness (QED) is 0.864. The van der Waals surface area contributed by atoms with Crippen LogP contribution in [-0.4, -0.2) is 63.9 Å². The Hall–Kier alpha value is -1.88. The molecular formula is C14H20F2N6O2S. The maximum atomic E-state index is 14.3. The number of aromatic nitrogens is 4. The molecule has 25 heavy (non-hydrogen) atoms. The molecule has 1 aliphatic rings. The second kappa shape index (κ2) is 6.45. The van der Waals surface area contributed by atoms with E-state index in [1.165, 1.54) is 10.7 Å². The number of alkyl halides is 1. The summed E-state index contributed by atoms with van der Waals surface area (Å²) in [5, 5.41) is 7.09. The molecule has 1 N–H and O–H groups in total. The standard InChI is InChI=1S/C14H20F2N6O2S/c1-8(2)13-19-12(16)11-6-17-14(20-22(11)13)18-10-4-5-21(7-9(10)15)25(3,23)24/h6,8-10H,4-5,7H2,1-3H3,(H,18,20)/t9-,10-/m1/s1. The number of nitrogens with one attached hydrogen (secondary N) is 1. The zero-order valence-corrected chi connectivity index (χ0v) is 15.0. The summed E-state index contributed by atoms with van der Waals surface area (Å²) in [6.07, 6.45) is 1.24. The molecule has 2 atom stereocenters. The molecule has 0 saturated carbocycles. The predicted molar refractivity (Wildman–Crippen MR) is 88.2 cm³/mol. The smallest absolute Gasteiger partial charge is 0.242 e. The fraction of sp³-hybridized carbons (Fsp3) is 0.643. The van der Waals surface area contributed by atoms with Crippen molar-refractivity contribution < 1.29 is 17.2 Å². The molecule has 11 heteroatoms. The lowest BCUT2D eigenvalue weighted by molar-refractivity contribution is 0.186. The Bertz CT molecular complexity index is 885. The molecule has 3 heterocycles. The van der Waals surface area contributed by atoms with Crippen LogP contribution in [0.5, 0.6) is 0 Å². The molecule has 3 rings (SSSR count). The van der Waals surface area contributed by atoms with Crippen molar-refractivity contribution >= 4 is 21.5 Å². The van der Waals surface area contributed by atoms with Crippen molar-refractivity contribution in [1.29, 1.82) is 0 Å². The molecule has 0 amide bonds. The van der Waals surface area contributed by atoms with Crippen molar-refractivity contribution in [2.75, 3.05) is 24.7 Å². The highest BCUT2D eigenvalue weighted by molar-refractivity contribution is 7.88. The van der Waals surface area contributed by atoms with Gasteiger partial charge in [0.1, 0.15) is 17.5 Å². The first-order chi connectivity index (χ1) is 11.7. The van der Waals surface area contributed by atoms with E-state index in [0.29, 0.717) is 5.82 Å². The minimum Gasteiger partial charge on any atom is -0.347 e. The van der Waals surface area contributed by atoms with Gasteiger partial charge < -0.3 is 5.32 Å². The molecule has 2 aromatic heterocycles. The number of sulfonamides is 1. The molecule has 138 valence electrons. The first-order valence-corrected chi connectivity index (χ1v) is 9.78. The molecular weight excluding hydrogens is 354 g/mol. The lowest BCUT2D eigenvalue weighted by Gasteiger charge is -2.33. The van der Waals surface area contributed by atoms with E-state index in [0.717, 1.165) is 10.6 Å². The zero-order valence-electron chi connectivity index (χ0n) is 14.1. The number of halogens is 2. The summed E-state index contributed by atoms with van der Waals surface area (Å²) < 4.78 is 53.7. The number of anilines is 1. The van der Waals surface area contributed by atoms with Crippen LogP contribution in [0.15, 0.2) is 6.20 Å². The number of hydrogen-bond acceptors (Lipinski definition) is 6. The molecule has 0 spiro atoms. The normalized spacial score (nSPS) is 22.6. The predicted octanol–water partition coefficient (Wildman–Crippen LogP) is 1.17. The number of fused-ring (bicyclic) bond motifs is 1. The number of piperidine rings is 1. The van der Waals surface area contributed by atoms with Gasteiger partial charge in [-0.2, -0.15) is 8.70 Å². The lowest BCUT2D eigenvalue weighted by Crippen LogP contribution is -2.49. The van der Waals surface area contributed by atoms with E-state index < -0.39 is 28.2 Å². The van der Waals surface area contributed by atoms with Crippen molar-refractivity contribution in [1.82, 2.24) is 23.9 Å². The Labute approximate surface area is 144 Å². The van der Waals surface area contributed by atoms with E-state index in [2.05, 4.69) is 20.4 Å². The second-order valence-electron chi connectivity index (χ2n) is 6.47. The number of hydrogen-bond donors (Lipinski definition) is 1. The largest absolute Gasteiger partial charge is 0.347 e. The van der Waals surface area contributed by atoms with E-state index in [1.807, 2.05) is 13.8 Å². The molecule has 0 unspecified atom stereocenters. The maximum Gasteiger partial charge on any atom is 0.242 e. The Morgan fingerprint density at radius 1 is 1.40 bits per heavy atom. The SMILES string of the molecule is CC(C)c1nc(F)c2cnc(N[C@@H]3CCN(S(C)(=O)=O)C[C@H]3F)nn12. The Morgan fingerprint density at radius 3 is 2.72 bits per heavy atom. The van der Waals surface area contributed by atoms with Gasteiger partial charge in [-0.15, -0.1) is 5.10 Å². The van der Waals surface area contributed by atoms with Crippen LogP contribution >= 0.6 is 0 Å². The van der Waals surface area contributed by atoms with Crippen LogP contribution in [0.2, 0.25) is 0 Å². The summed E-state index contributed by atoms with van der Waals surface area (Å²) in [6, 6.07) is -0.619. The van der Waals surface area contributed by atoms with Gasteiger partial charge in [-0.3, -0.25) is 0 Å². The summed E-state index contributed by atoms with van der Waals surface area (Å²) in [5.41, 5.74) is 0.151. The van der Waals surface area contributed by atoms with Gasteiger partial charge in [0.25, 0.3) is 0 Å². The van der Waals surface area contributed by atoms with Crippen LogP contribution in [-0.2, 0) is 10.0 Å². The molecule has 1 saturated heterocycles. The minimum absolute atomic E-state index is 0.0494. The van der Waals surface area contributed by atoms with Gasteiger partial charge in [-0.25, -0.2) is 27.3 Å². The third-order valence-electron chi connectivity index (χ3n) is 4.18. The first kappa shape index (κ1) is 17.9. The summed E-state index contributed by atoms with van der Waals surface area (Å²) in [5.74, 6) is -0.111. The average Bonchev–Trinajstić information content (AvgIpc) is 2.85. The summed E-state index contributed by atoms with van der Waals surface area (Å²) in [6.45, 7) is 3.73. The van der Waals surface area contributed by atoms with Crippen molar-refractivity contribution in [3.05, 3.63) is 18.0 Å². The molecule has 0 bridgehead atoms. The highest BCUT2D eigenvalue weighted by Gasteiger charge is 2.33. The van der Waals surface area contributed by atoms with Crippen LogP contribution in [0.4, 0.5) is 14.7 Å². The Kier molecular flexibility index (Phi) is 4.62. The molecule has 1 aliphatic heterocycles. The molecule has 1 fully saturated rings. The van der Waals surface area contributed by atoms with Crippen LogP contribution < -0.4 is 5.32 Å². The third kappa shape index (κ3) is 3.56. The maximum absolute atomic E-state index is 14.3. The summed E-state index contributed by atoms with van der Waals surface area (Å²) in [4.78, 5) is 7.86. The third-order valence-corrected chi connectivity index (χ3v) is 5.45. The van der Waals surface area contributed by atoms with Crippen molar-refractivity contribution in [3.63, 3.8) is 0 Å². The number of rotatable bonds is 4. The summed E-state index contributed by atoms with van der Waals surface area (Å²) in [7, 11) is -3.42. The molecule has 0 aromatic carbocycles. The molecule has 0 aliphatic carbocycles. The van der Waals surface area contributed by atoms with Gasteiger partial charge in [-0.05, 0) is 6.42 Å². The average molecular weight is 374 g/mol. The van der Waals surface area contributed by atoms with Crippen molar-refractivity contribution in [2.45, 2.75) is 38.4 Å². The van der Waals surface area contributed by atoms with Crippen LogP contribution in [0.1, 0.15) is 32.0 Å². The fourth-order valence-corrected chi connectivity index (χ4v) is 3.67. The minimum atomic E-state index is -3.42. The van der Waals surface area contributed by atoms with Gasteiger partial charge >= 0.3 is 0 Å². The van der Waals surface area contributed by atoms with Gasteiger partial charge in [0, 0.05) is 19.0 Å². The van der Waals surface area contributed by atoms with E-state index in [9.17, 15) is 17.2 Å². The van der Waals surface area contributed by atoms with E-state index >= 15 is 0 Å². The van der Waals surface area contributed by atoms with Crippen molar-refractivity contribution in [3.8, 4) is 0 Å². The number of nitrogens with zero attached hydrogens (tertiary/aromatic N) is 5. The van der Waals surface area contributed by atoms with Gasteiger partial charge in [0.05, 0.1) is 18.5 Å². The first-order valence-electron chi connectivity index (χ1n) is 7.93. The molecule has 0 radical (unpaired) electrons. The van der Waals surface area contributed by atoms with E-state index in [4.69, 9.17) is 0 Å². The monoisotopic (exact) mass is 374 g/mol. The van der Waals surface area contributed by atoms with Crippen molar-refractivity contribution in [2.24, 2.45) is 0 Å². The summed E-state index contributed by atoms with van der Waals surface area (Å²) >= 11 is 0. The van der Waals surface area contributed by atoms with Crippen LogP contribution in [0, 0.1) is 5.95 Å². The van der Waals surface area contributed by atoms with Crippen LogP contribution in [0.3, 0.4) is 0 Å². The lowest BCUT2D eigenvalue weighted by atomic mass is 10.1. The van der Waals surface area contributed by atoms with E-state index in [1.54, 1.807) is 0 Å². The van der Waals surface area contributed by atoms with Gasteiger partial charge in [-0.1, -0.05) is 13.8 Å². The highest BCUT2D eigenvalue weighted by atomic mass is 32.2. The van der Waals surface area contributed by atoms with Crippen LogP contribution in [0.25, 0.3) is 5.52 Å². The zero-order chi connectivity index (χ0) is 18.4. The molecule has 8 nitrogen and oxygen atoms in total. The second-order valence-corrected chi connectivity index (χ2v) is 8.45. The van der Waals surface area contributed by atoms with Gasteiger partial charge in [0.2, 0.25) is 21.9 Å². The Morgan fingerprint density at radius 2 is 2.12 bits per heavy atom. The fourth-order valence-electron chi connectivity index (χ4n) is 2.82. The topological polar surface area (TPSA) is 92.5 Å². The van der Waals surface area contributed by atoms with Gasteiger partial charge in [0.15, 0.2) is 0 Å². The van der Waals surface area contributed by atoms with E-state index in [-0.39, 0.29) is 36.9 Å².